The Morgan fingerprint density at radius 1 is 1.05 bits per heavy atom. The van der Waals surface area contributed by atoms with E-state index in [2.05, 4.69) is 4.98 Å². The molecule has 3 rings (SSSR count). The van der Waals surface area contributed by atoms with Crippen molar-refractivity contribution in [1.29, 1.82) is 0 Å². The average molecular weight is 272 g/mol. The first kappa shape index (κ1) is 11.8. The zero-order valence-corrected chi connectivity index (χ0v) is 11.1. The fourth-order valence-corrected chi connectivity index (χ4v) is 2.54. The smallest absolute Gasteiger partial charge is 0.169 e. The molecule has 0 spiro atoms. The topological polar surface area (TPSA) is 57.4 Å². The number of methoxy groups -OCH3 is 1. The number of ether oxygens (including phenoxy) is 2. The predicted molar refractivity (Wildman–Crippen MR) is 77.1 cm³/mol. The molecule has 0 radical (unpaired) electrons. The van der Waals surface area contributed by atoms with Gasteiger partial charge in [0.2, 0.25) is 0 Å². The van der Waals surface area contributed by atoms with Crippen LogP contribution in [0.3, 0.4) is 0 Å². The largest absolute Gasteiger partial charge is 0.493 e. The summed E-state index contributed by atoms with van der Waals surface area (Å²) in [5.41, 5.74) is 9.17. The van der Waals surface area contributed by atoms with Crippen LogP contribution in [0, 0.1) is 0 Å². The highest BCUT2D eigenvalue weighted by molar-refractivity contribution is 7.16. The summed E-state index contributed by atoms with van der Waals surface area (Å²) in [5.74, 6) is 1.88. The van der Waals surface area contributed by atoms with Gasteiger partial charge in [-0.3, -0.25) is 0 Å². The number of hydrogen-bond acceptors (Lipinski definition) is 5. The first-order valence-electron chi connectivity index (χ1n) is 5.72. The van der Waals surface area contributed by atoms with Gasteiger partial charge in [0.15, 0.2) is 17.2 Å². The molecule has 0 fully saturated rings. The van der Waals surface area contributed by atoms with E-state index in [1.165, 1.54) is 0 Å². The Morgan fingerprint density at radius 3 is 2.63 bits per heavy atom. The third-order valence-electron chi connectivity index (χ3n) is 2.79. The third-order valence-corrected chi connectivity index (χ3v) is 3.58. The van der Waals surface area contributed by atoms with E-state index in [4.69, 9.17) is 15.2 Å². The molecule has 0 aliphatic heterocycles. The number of nitrogens with two attached hydrogens (primary N) is 1. The van der Waals surface area contributed by atoms with Crippen molar-refractivity contribution in [3.63, 3.8) is 0 Å². The predicted octanol–water partition coefficient (Wildman–Crippen LogP) is 3.68. The highest BCUT2D eigenvalue weighted by Gasteiger charge is 2.11. The molecule has 0 bridgehead atoms. The molecule has 5 heteroatoms. The van der Waals surface area contributed by atoms with Crippen molar-refractivity contribution in [3.8, 4) is 17.2 Å². The van der Waals surface area contributed by atoms with E-state index in [-0.39, 0.29) is 0 Å². The lowest BCUT2D eigenvalue weighted by Gasteiger charge is -2.11. The van der Waals surface area contributed by atoms with Crippen molar-refractivity contribution in [2.45, 2.75) is 0 Å². The van der Waals surface area contributed by atoms with Gasteiger partial charge in [-0.1, -0.05) is 12.1 Å². The van der Waals surface area contributed by atoms with E-state index >= 15 is 0 Å². The van der Waals surface area contributed by atoms with E-state index in [0.717, 1.165) is 10.2 Å². The molecule has 0 saturated heterocycles. The highest BCUT2D eigenvalue weighted by Crippen LogP contribution is 2.37. The number of nitrogen functional groups attached to an aromatic ring is 1. The molecule has 2 aromatic carbocycles. The lowest BCUT2D eigenvalue weighted by atomic mass is 10.2. The second kappa shape index (κ2) is 4.78. The number of anilines is 1. The molecule has 4 nitrogen and oxygen atoms in total. The molecule has 1 aromatic heterocycles. The lowest BCUT2D eigenvalue weighted by molar-refractivity contribution is 0.379. The van der Waals surface area contributed by atoms with Gasteiger partial charge in [-0.25, -0.2) is 4.98 Å². The quantitative estimate of drug-likeness (QED) is 0.739. The van der Waals surface area contributed by atoms with Crippen LogP contribution >= 0.6 is 11.3 Å². The summed E-state index contributed by atoms with van der Waals surface area (Å²) < 4.78 is 12.1. The second-order valence-electron chi connectivity index (χ2n) is 3.93. The minimum absolute atomic E-state index is 0.546. The number of nitrogens with zero attached hydrogens (tertiary/aromatic N) is 1. The highest BCUT2D eigenvalue weighted by atomic mass is 32.1. The Balaban J connectivity index is 2.03. The fourth-order valence-electron chi connectivity index (χ4n) is 1.84. The molecule has 0 unspecified atom stereocenters. The van der Waals surface area contributed by atoms with Crippen molar-refractivity contribution in [2.24, 2.45) is 0 Å². The van der Waals surface area contributed by atoms with Gasteiger partial charge in [0.1, 0.15) is 11.2 Å². The number of hydrogen-bond donors (Lipinski definition) is 1. The summed E-state index contributed by atoms with van der Waals surface area (Å²) in [4.78, 5) is 4.25. The fraction of sp³-hybridized carbons (Fsp3) is 0.0714. The van der Waals surface area contributed by atoms with Crippen LogP contribution in [0.15, 0.2) is 41.9 Å². The summed E-state index contributed by atoms with van der Waals surface area (Å²) in [6.45, 7) is 0. The zero-order chi connectivity index (χ0) is 13.2. The first-order chi connectivity index (χ1) is 9.29. The standard InChI is InChI=1S/C14H12N2O2S/c1-17-9-4-2-3-5-10(9)18-11-6-7-12-14(13(11)15)16-8-19-12/h2-8H,15H2,1H3. The van der Waals surface area contributed by atoms with Crippen LogP contribution in [-0.4, -0.2) is 12.1 Å². The van der Waals surface area contributed by atoms with Gasteiger partial charge in [-0.2, -0.15) is 0 Å². The maximum absolute atomic E-state index is 6.08. The van der Waals surface area contributed by atoms with Crippen molar-refractivity contribution in [2.75, 3.05) is 12.8 Å². The van der Waals surface area contributed by atoms with E-state index in [0.29, 0.717) is 22.9 Å². The summed E-state index contributed by atoms with van der Waals surface area (Å²) >= 11 is 1.55. The van der Waals surface area contributed by atoms with Crippen LogP contribution in [0.2, 0.25) is 0 Å². The first-order valence-corrected chi connectivity index (χ1v) is 6.60. The van der Waals surface area contributed by atoms with Crippen LogP contribution in [-0.2, 0) is 0 Å². The summed E-state index contributed by atoms with van der Waals surface area (Å²) in [7, 11) is 1.61. The second-order valence-corrected chi connectivity index (χ2v) is 4.82. The zero-order valence-electron chi connectivity index (χ0n) is 10.3. The maximum Gasteiger partial charge on any atom is 0.169 e. The SMILES string of the molecule is COc1ccccc1Oc1ccc2scnc2c1N. The number of aromatic nitrogens is 1. The molecule has 19 heavy (non-hydrogen) atoms. The third kappa shape index (κ3) is 2.08. The van der Waals surface area contributed by atoms with Crippen LogP contribution in [0.4, 0.5) is 5.69 Å². The molecule has 1 heterocycles. The van der Waals surface area contributed by atoms with Gasteiger partial charge in [-0.15, -0.1) is 11.3 Å². The van der Waals surface area contributed by atoms with Gasteiger partial charge < -0.3 is 15.2 Å². The number of benzene rings is 2. The Morgan fingerprint density at radius 2 is 1.84 bits per heavy atom. The molecular formula is C14H12N2O2S. The average Bonchev–Trinajstić information content (AvgIpc) is 2.92. The molecule has 0 aliphatic rings. The Labute approximate surface area is 114 Å². The maximum atomic E-state index is 6.08. The van der Waals surface area contributed by atoms with Crippen molar-refractivity contribution >= 4 is 27.2 Å². The molecular weight excluding hydrogens is 260 g/mol. The van der Waals surface area contributed by atoms with Gasteiger partial charge >= 0.3 is 0 Å². The Kier molecular flexibility index (Phi) is 2.97. The van der Waals surface area contributed by atoms with Crippen molar-refractivity contribution < 1.29 is 9.47 Å². The van der Waals surface area contributed by atoms with Crippen LogP contribution in [0.25, 0.3) is 10.2 Å². The summed E-state index contributed by atoms with van der Waals surface area (Å²) in [6, 6.07) is 11.3. The van der Waals surface area contributed by atoms with E-state index in [1.807, 2.05) is 36.4 Å². The van der Waals surface area contributed by atoms with Gasteiger partial charge in [0.25, 0.3) is 0 Å². The van der Waals surface area contributed by atoms with Gasteiger partial charge in [-0.05, 0) is 24.3 Å². The summed E-state index contributed by atoms with van der Waals surface area (Å²) in [5, 5.41) is 0. The molecule has 0 saturated carbocycles. The Hall–Kier alpha value is -2.27. The van der Waals surface area contributed by atoms with Gasteiger partial charge in [0.05, 0.1) is 17.3 Å². The van der Waals surface area contributed by atoms with Crippen molar-refractivity contribution in [3.05, 3.63) is 41.9 Å². The van der Waals surface area contributed by atoms with Crippen LogP contribution < -0.4 is 15.2 Å². The molecule has 0 amide bonds. The molecule has 0 aliphatic carbocycles. The number of rotatable bonds is 3. The van der Waals surface area contributed by atoms with E-state index in [1.54, 1.807) is 24.0 Å². The van der Waals surface area contributed by atoms with Crippen molar-refractivity contribution in [1.82, 2.24) is 4.98 Å². The number of fused-ring (bicyclic) bond motifs is 1. The molecule has 2 N–H and O–H groups in total. The monoisotopic (exact) mass is 272 g/mol. The van der Waals surface area contributed by atoms with Crippen LogP contribution in [0.5, 0.6) is 17.2 Å². The number of thiazole rings is 1. The molecule has 0 atom stereocenters. The van der Waals surface area contributed by atoms with E-state index in [9.17, 15) is 0 Å². The lowest BCUT2D eigenvalue weighted by Crippen LogP contribution is -1.95. The number of para-hydroxylation sites is 2. The van der Waals surface area contributed by atoms with Crippen LogP contribution in [0.1, 0.15) is 0 Å². The normalized spacial score (nSPS) is 10.6. The summed E-state index contributed by atoms with van der Waals surface area (Å²) in [6.07, 6.45) is 0. The molecule has 96 valence electrons. The van der Waals surface area contributed by atoms with Gasteiger partial charge in [0, 0.05) is 0 Å². The minimum atomic E-state index is 0.546. The van der Waals surface area contributed by atoms with E-state index < -0.39 is 0 Å². The molecule has 3 aromatic rings. The Bertz CT molecular complexity index is 724. The minimum Gasteiger partial charge on any atom is -0.493 e.